The molecule has 1 saturated carbocycles. The van der Waals surface area contributed by atoms with E-state index in [1.165, 1.54) is 23.7 Å². The highest BCUT2D eigenvalue weighted by atomic mass is 32.2. The number of carbonyl (C=O) groups excluding carboxylic acids is 1. The first-order valence-electron chi connectivity index (χ1n) is 14.5. The molecule has 4 aromatic rings. The number of hydrogen-bond donors (Lipinski definition) is 0. The first-order valence-corrected chi connectivity index (χ1v) is 15.4. The van der Waals surface area contributed by atoms with Gasteiger partial charge in [0.1, 0.15) is 0 Å². The molecule has 0 saturated heterocycles. The lowest BCUT2D eigenvalue weighted by molar-refractivity contribution is -0.117. The van der Waals surface area contributed by atoms with Gasteiger partial charge in [0.15, 0.2) is 5.16 Å². The summed E-state index contributed by atoms with van der Waals surface area (Å²) in [6.45, 7) is 6.18. The minimum Gasteiger partial charge on any atom is -0.283 e. The molecule has 0 radical (unpaired) electrons. The van der Waals surface area contributed by atoms with Crippen molar-refractivity contribution in [1.29, 1.82) is 0 Å². The molecule has 41 heavy (non-hydrogen) atoms. The molecule has 1 aromatic heterocycles. The van der Waals surface area contributed by atoms with E-state index < -0.39 is 5.25 Å². The molecule has 0 bridgehead atoms. The Bertz CT molecular complexity index is 1590. The standard InChI is InChI=1S/C35H35N3O2S/c1-3-23-37-33(40)30-31(29-20-12-11-15-26(29)24-35(30)21-13-6-14-22-35)36-34(37)41-25(2)32(39)38(27-16-7-4-8-17-27)28-18-9-5-10-19-28/h3-5,7-12,15-20,25H,1,6,13-14,21-24H2,2H3/t25-/m0/s1. The fraction of sp³-hybridized carbons (Fsp3) is 0.286. The van der Waals surface area contributed by atoms with Crippen molar-refractivity contribution in [3.63, 3.8) is 0 Å². The van der Waals surface area contributed by atoms with Gasteiger partial charge in [-0.05, 0) is 56.0 Å². The van der Waals surface area contributed by atoms with Crippen LogP contribution in [-0.4, -0.2) is 20.7 Å². The molecule has 2 aliphatic carbocycles. The number of benzene rings is 3. The van der Waals surface area contributed by atoms with Crippen LogP contribution in [0.3, 0.4) is 0 Å². The fourth-order valence-corrected chi connectivity index (χ4v) is 7.50. The maximum absolute atomic E-state index is 14.4. The lowest BCUT2D eigenvalue weighted by atomic mass is 9.62. The van der Waals surface area contributed by atoms with Crippen molar-refractivity contribution < 1.29 is 4.79 Å². The lowest BCUT2D eigenvalue weighted by Gasteiger charge is -2.42. The van der Waals surface area contributed by atoms with E-state index in [-0.39, 0.29) is 16.9 Å². The van der Waals surface area contributed by atoms with Gasteiger partial charge in [-0.2, -0.15) is 0 Å². The first-order chi connectivity index (χ1) is 20.0. The summed E-state index contributed by atoms with van der Waals surface area (Å²) in [6.07, 6.45) is 8.09. The zero-order valence-electron chi connectivity index (χ0n) is 23.5. The zero-order chi connectivity index (χ0) is 28.4. The van der Waals surface area contributed by atoms with Crippen LogP contribution in [0.4, 0.5) is 11.4 Å². The molecule has 0 unspecified atom stereocenters. The lowest BCUT2D eigenvalue weighted by Crippen LogP contribution is -2.43. The Morgan fingerprint density at radius 1 is 0.976 bits per heavy atom. The van der Waals surface area contributed by atoms with E-state index in [1.807, 2.05) is 73.7 Å². The Labute approximate surface area is 246 Å². The number of fused-ring (bicyclic) bond motifs is 4. The number of anilines is 2. The topological polar surface area (TPSA) is 55.2 Å². The smallest absolute Gasteiger partial charge is 0.258 e. The monoisotopic (exact) mass is 561 g/mol. The molecule has 0 aliphatic heterocycles. The highest BCUT2D eigenvalue weighted by molar-refractivity contribution is 8.00. The number of amides is 1. The predicted octanol–water partition coefficient (Wildman–Crippen LogP) is 7.70. The van der Waals surface area contributed by atoms with Crippen LogP contribution in [0.15, 0.2) is 108 Å². The quantitative estimate of drug-likeness (QED) is 0.132. The van der Waals surface area contributed by atoms with Gasteiger partial charge in [0, 0.05) is 28.9 Å². The number of para-hydroxylation sites is 2. The van der Waals surface area contributed by atoms with Crippen molar-refractivity contribution in [2.24, 2.45) is 0 Å². The summed E-state index contributed by atoms with van der Waals surface area (Å²) < 4.78 is 1.74. The third-order valence-electron chi connectivity index (χ3n) is 8.47. The number of rotatable bonds is 7. The van der Waals surface area contributed by atoms with Gasteiger partial charge in [-0.1, -0.05) is 97.8 Å². The van der Waals surface area contributed by atoms with Gasteiger partial charge in [-0.25, -0.2) is 4.98 Å². The number of thioether (sulfide) groups is 1. The number of aromatic nitrogens is 2. The highest BCUT2D eigenvalue weighted by Crippen LogP contribution is 2.49. The maximum Gasteiger partial charge on any atom is 0.258 e. The van der Waals surface area contributed by atoms with E-state index in [0.717, 1.165) is 60.3 Å². The summed E-state index contributed by atoms with van der Waals surface area (Å²) in [6, 6.07) is 27.7. The number of carbonyl (C=O) groups is 1. The Hall–Kier alpha value is -3.90. The van der Waals surface area contributed by atoms with Gasteiger partial charge >= 0.3 is 0 Å². The van der Waals surface area contributed by atoms with E-state index in [2.05, 4.69) is 24.8 Å². The molecule has 0 N–H and O–H groups in total. The second kappa shape index (κ2) is 11.5. The molecule has 6 heteroatoms. The third-order valence-corrected chi connectivity index (χ3v) is 9.54. The van der Waals surface area contributed by atoms with Crippen LogP contribution in [0, 0.1) is 0 Å². The molecular weight excluding hydrogens is 526 g/mol. The van der Waals surface area contributed by atoms with Crippen LogP contribution in [-0.2, 0) is 23.2 Å². The van der Waals surface area contributed by atoms with Gasteiger partial charge in [0.2, 0.25) is 5.91 Å². The molecule has 5 nitrogen and oxygen atoms in total. The van der Waals surface area contributed by atoms with Gasteiger partial charge < -0.3 is 0 Å². The van der Waals surface area contributed by atoms with Gasteiger partial charge in [-0.15, -0.1) is 6.58 Å². The molecular formula is C35H35N3O2S. The zero-order valence-corrected chi connectivity index (χ0v) is 24.3. The summed E-state index contributed by atoms with van der Waals surface area (Å²) in [5.74, 6) is -0.0753. The van der Waals surface area contributed by atoms with E-state index in [0.29, 0.717) is 11.7 Å². The average molecular weight is 562 g/mol. The summed E-state index contributed by atoms with van der Waals surface area (Å²) in [5.41, 5.74) is 5.37. The Morgan fingerprint density at radius 2 is 1.59 bits per heavy atom. The number of allylic oxidation sites excluding steroid dienone is 1. The summed E-state index contributed by atoms with van der Waals surface area (Å²) in [7, 11) is 0. The maximum atomic E-state index is 14.4. The van der Waals surface area contributed by atoms with Crippen LogP contribution in [0.5, 0.6) is 0 Å². The minimum atomic E-state index is -0.501. The number of nitrogens with zero attached hydrogens (tertiary/aromatic N) is 3. The van der Waals surface area contributed by atoms with Gasteiger partial charge in [-0.3, -0.25) is 19.1 Å². The molecule has 3 aromatic carbocycles. The van der Waals surface area contributed by atoms with E-state index >= 15 is 0 Å². The summed E-state index contributed by atoms with van der Waals surface area (Å²) in [5, 5.41) is 0.0529. The Kier molecular flexibility index (Phi) is 7.67. The first kappa shape index (κ1) is 27.3. The van der Waals surface area contributed by atoms with Crippen molar-refractivity contribution in [3.8, 4) is 11.3 Å². The normalized spacial score (nSPS) is 15.9. The van der Waals surface area contributed by atoms with Crippen LogP contribution in [0.2, 0.25) is 0 Å². The average Bonchev–Trinajstić information content (AvgIpc) is 3.00. The van der Waals surface area contributed by atoms with Crippen molar-refractivity contribution in [2.45, 2.75) is 67.8 Å². The van der Waals surface area contributed by atoms with Crippen LogP contribution in [0.25, 0.3) is 11.3 Å². The Morgan fingerprint density at radius 3 is 2.22 bits per heavy atom. The number of hydrogen-bond acceptors (Lipinski definition) is 4. The third kappa shape index (κ3) is 5.06. The summed E-state index contributed by atoms with van der Waals surface area (Å²) >= 11 is 1.35. The largest absolute Gasteiger partial charge is 0.283 e. The second-order valence-corrected chi connectivity index (χ2v) is 12.4. The van der Waals surface area contributed by atoms with Gasteiger partial charge in [0.05, 0.1) is 16.5 Å². The van der Waals surface area contributed by atoms with E-state index in [4.69, 9.17) is 4.98 Å². The molecule has 1 fully saturated rings. The van der Waals surface area contributed by atoms with Crippen LogP contribution in [0.1, 0.15) is 50.2 Å². The molecule has 2 aliphatic rings. The van der Waals surface area contributed by atoms with E-state index in [1.54, 1.807) is 15.5 Å². The fourth-order valence-electron chi connectivity index (χ4n) is 6.55. The van der Waals surface area contributed by atoms with E-state index in [9.17, 15) is 9.59 Å². The molecule has 1 amide bonds. The van der Waals surface area contributed by atoms with Crippen molar-refractivity contribution in [3.05, 3.63) is 119 Å². The summed E-state index contributed by atoms with van der Waals surface area (Å²) in [4.78, 5) is 35.5. The minimum absolute atomic E-state index is 0.0106. The Balaban J connectivity index is 1.44. The second-order valence-electron chi connectivity index (χ2n) is 11.1. The van der Waals surface area contributed by atoms with Crippen molar-refractivity contribution in [2.75, 3.05) is 4.90 Å². The SMILES string of the molecule is C=CCn1c(S[C@@H](C)C(=O)N(c2ccccc2)c2ccccc2)nc2c(c1=O)C1(CCCCC1)Cc1ccccc1-2. The molecule has 1 atom stereocenters. The molecule has 208 valence electrons. The highest BCUT2D eigenvalue weighted by Gasteiger charge is 2.43. The van der Waals surface area contributed by atoms with Crippen LogP contribution >= 0.6 is 11.8 Å². The van der Waals surface area contributed by atoms with Crippen molar-refractivity contribution >= 4 is 29.0 Å². The molecule has 6 rings (SSSR count). The molecule has 1 heterocycles. The predicted molar refractivity (Wildman–Crippen MR) is 168 cm³/mol. The van der Waals surface area contributed by atoms with Gasteiger partial charge in [0.25, 0.3) is 5.56 Å². The van der Waals surface area contributed by atoms with Crippen LogP contribution < -0.4 is 10.5 Å². The molecule has 1 spiro atoms. The van der Waals surface area contributed by atoms with Crippen molar-refractivity contribution in [1.82, 2.24) is 9.55 Å².